The summed E-state index contributed by atoms with van der Waals surface area (Å²) in [6, 6.07) is -0.695. The highest BCUT2D eigenvalue weighted by atomic mass is 32.2. The van der Waals surface area contributed by atoms with E-state index in [1.807, 2.05) is 0 Å². The largest absolute Gasteiger partial charge is 0.330 e. The predicted molar refractivity (Wildman–Crippen MR) is 65.1 cm³/mol. The van der Waals surface area contributed by atoms with Gasteiger partial charge in [-0.2, -0.15) is 0 Å². The molecule has 0 aromatic heterocycles. The molecule has 0 aromatic rings. The van der Waals surface area contributed by atoms with Crippen LogP contribution in [0, 0.1) is 5.41 Å². The molecule has 1 spiro atoms. The van der Waals surface area contributed by atoms with Gasteiger partial charge in [-0.3, -0.25) is 24.0 Å². The molecule has 1 aliphatic carbocycles. The zero-order valence-corrected chi connectivity index (χ0v) is 11.2. The molecule has 1 N–H and O–H groups in total. The Morgan fingerprint density at radius 3 is 2.44 bits per heavy atom. The fraction of sp³-hybridized carbons (Fsp3) is 0.727. The molecule has 2 aliphatic rings. The van der Waals surface area contributed by atoms with Crippen LogP contribution in [-0.4, -0.2) is 45.0 Å². The number of nitrogens with one attached hydrogen (secondary N) is 1. The molecule has 7 heteroatoms. The monoisotopic (exact) mass is 272 g/mol. The summed E-state index contributed by atoms with van der Waals surface area (Å²) in [6.45, 7) is 1.79. The van der Waals surface area contributed by atoms with Gasteiger partial charge in [-0.25, -0.2) is 4.79 Å². The summed E-state index contributed by atoms with van der Waals surface area (Å²) in [6.07, 6.45) is 3.33. The molecule has 100 valence electrons. The molecule has 6 nitrogen and oxygen atoms in total. The highest BCUT2D eigenvalue weighted by molar-refractivity contribution is 7.84. The highest BCUT2D eigenvalue weighted by Crippen LogP contribution is 2.44. The SMILES string of the molecule is CC(CN1C(=O)NC(=O)C2(CCC2)C1=O)S(C)=O. The number of nitrogens with zero attached hydrogens (tertiary/aromatic N) is 1. The van der Waals surface area contributed by atoms with Gasteiger partial charge < -0.3 is 0 Å². The molecule has 2 atom stereocenters. The van der Waals surface area contributed by atoms with E-state index >= 15 is 0 Å². The molecule has 1 heterocycles. The van der Waals surface area contributed by atoms with E-state index in [2.05, 4.69) is 5.32 Å². The van der Waals surface area contributed by atoms with Crippen LogP contribution in [0.2, 0.25) is 0 Å². The second-order valence-corrected chi connectivity index (χ2v) is 6.72. The van der Waals surface area contributed by atoms with Gasteiger partial charge in [-0.1, -0.05) is 6.42 Å². The van der Waals surface area contributed by atoms with Crippen molar-refractivity contribution in [1.82, 2.24) is 10.2 Å². The number of barbiturate groups is 1. The third kappa shape index (κ3) is 1.86. The maximum absolute atomic E-state index is 12.3. The third-order valence-electron chi connectivity index (χ3n) is 3.77. The number of rotatable bonds is 3. The molecule has 0 bridgehead atoms. The smallest absolute Gasteiger partial charge is 0.277 e. The molecule has 2 rings (SSSR count). The van der Waals surface area contributed by atoms with Crippen molar-refractivity contribution in [3.8, 4) is 0 Å². The van der Waals surface area contributed by atoms with E-state index in [1.165, 1.54) is 6.26 Å². The summed E-state index contributed by atoms with van der Waals surface area (Å²) < 4.78 is 11.3. The van der Waals surface area contributed by atoms with E-state index in [0.717, 1.165) is 11.3 Å². The van der Waals surface area contributed by atoms with Crippen LogP contribution < -0.4 is 5.32 Å². The van der Waals surface area contributed by atoms with E-state index in [1.54, 1.807) is 6.92 Å². The van der Waals surface area contributed by atoms with Crippen molar-refractivity contribution in [2.45, 2.75) is 31.4 Å². The molecule has 1 saturated carbocycles. The lowest BCUT2D eigenvalue weighted by molar-refractivity contribution is -0.157. The minimum atomic E-state index is -1.12. The maximum atomic E-state index is 12.3. The molecule has 2 fully saturated rings. The van der Waals surface area contributed by atoms with Crippen molar-refractivity contribution < 1.29 is 18.6 Å². The first-order chi connectivity index (χ1) is 8.38. The summed E-state index contributed by atoms with van der Waals surface area (Å²) in [7, 11) is -1.12. The average Bonchev–Trinajstić information content (AvgIpc) is 2.21. The van der Waals surface area contributed by atoms with Gasteiger partial charge in [-0.05, 0) is 19.8 Å². The van der Waals surface area contributed by atoms with Gasteiger partial charge in [0.1, 0.15) is 5.41 Å². The standard InChI is InChI=1S/C11H16N2O4S/c1-7(18(2)17)6-13-9(15)11(4-3-5-11)8(14)12-10(13)16/h7H,3-6H2,1-2H3,(H,12,14,16). The Morgan fingerprint density at radius 2 is 2.00 bits per heavy atom. The van der Waals surface area contributed by atoms with Gasteiger partial charge in [0.25, 0.3) is 0 Å². The van der Waals surface area contributed by atoms with E-state index < -0.39 is 34.1 Å². The molecular formula is C11H16N2O4S. The Hall–Kier alpha value is -1.24. The fourth-order valence-electron chi connectivity index (χ4n) is 2.23. The van der Waals surface area contributed by atoms with E-state index in [-0.39, 0.29) is 11.8 Å². The molecule has 0 radical (unpaired) electrons. The molecule has 1 saturated heterocycles. The van der Waals surface area contributed by atoms with Gasteiger partial charge in [0, 0.05) is 28.9 Å². The number of hydrogen-bond donors (Lipinski definition) is 1. The van der Waals surface area contributed by atoms with E-state index in [0.29, 0.717) is 12.8 Å². The van der Waals surface area contributed by atoms with Gasteiger partial charge in [0.05, 0.1) is 0 Å². The maximum Gasteiger partial charge on any atom is 0.330 e. The molecular weight excluding hydrogens is 256 g/mol. The van der Waals surface area contributed by atoms with E-state index in [9.17, 15) is 18.6 Å². The van der Waals surface area contributed by atoms with Crippen molar-refractivity contribution in [2.24, 2.45) is 5.41 Å². The van der Waals surface area contributed by atoms with Crippen LogP contribution in [0.1, 0.15) is 26.2 Å². The highest BCUT2D eigenvalue weighted by Gasteiger charge is 2.57. The number of imide groups is 2. The molecule has 4 amide bonds. The summed E-state index contributed by atoms with van der Waals surface area (Å²) in [4.78, 5) is 36.7. The first kappa shape index (κ1) is 13.2. The lowest BCUT2D eigenvalue weighted by Crippen LogP contribution is -2.66. The Kier molecular flexibility index (Phi) is 3.27. The predicted octanol–water partition coefficient (Wildman–Crippen LogP) is 0.00210. The van der Waals surface area contributed by atoms with Crippen LogP contribution >= 0.6 is 0 Å². The van der Waals surface area contributed by atoms with Crippen molar-refractivity contribution in [2.75, 3.05) is 12.8 Å². The van der Waals surface area contributed by atoms with Crippen molar-refractivity contribution in [3.05, 3.63) is 0 Å². The van der Waals surface area contributed by atoms with Crippen LogP contribution in [0.25, 0.3) is 0 Å². The first-order valence-electron chi connectivity index (χ1n) is 5.88. The van der Waals surface area contributed by atoms with Gasteiger partial charge in [0.15, 0.2) is 0 Å². The van der Waals surface area contributed by atoms with Crippen LogP contribution in [0.5, 0.6) is 0 Å². The lowest BCUT2D eigenvalue weighted by Gasteiger charge is -2.44. The zero-order valence-electron chi connectivity index (χ0n) is 10.4. The first-order valence-corrected chi connectivity index (χ1v) is 7.50. The Labute approximate surface area is 108 Å². The number of amides is 4. The van der Waals surface area contributed by atoms with Crippen molar-refractivity contribution in [1.29, 1.82) is 0 Å². The van der Waals surface area contributed by atoms with Crippen LogP contribution in [0.4, 0.5) is 4.79 Å². The quantitative estimate of drug-likeness (QED) is 0.733. The summed E-state index contributed by atoms with van der Waals surface area (Å²) in [5.41, 5.74) is -1.04. The molecule has 1 aliphatic heterocycles. The number of hydrogen-bond acceptors (Lipinski definition) is 4. The topological polar surface area (TPSA) is 83.6 Å². The van der Waals surface area contributed by atoms with Crippen LogP contribution in [0.15, 0.2) is 0 Å². The number of carbonyl (C=O) groups excluding carboxylic acids is 3. The number of urea groups is 1. The van der Waals surface area contributed by atoms with Gasteiger partial charge in [-0.15, -0.1) is 0 Å². The Bertz CT molecular complexity index is 444. The fourth-order valence-corrected chi connectivity index (χ4v) is 2.59. The molecule has 18 heavy (non-hydrogen) atoms. The minimum absolute atomic E-state index is 0.0861. The van der Waals surface area contributed by atoms with Crippen LogP contribution in [0.3, 0.4) is 0 Å². The summed E-state index contributed by atoms with van der Waals surface area (Å²) >= 11 is 0. The second-order valence-electron chi connectivity index (χ2n) is 4.92. The van der Waals surface area contributed by atoms with Gasteiger partial charge in [0.2, 0.25) is 11.8 Å². The molecule has 2 unspecified atom stereocenters. The average molecular weight is 272 g/mol. The Morgan fingerprint density at radius 1 is 1.39 bits per heavy atom. The lowest BCUT2D eigenvalue weighted by atomic mass is 9.66. The normalized spacial score (nSPS) is 25.7. The Balaban J connectivity index is 2.19. The van der Waals surface area contributed by atoms with Crippen LogP contribution in [-0.2, 0) is 20.4 Å². The summed E-state index contributed by atoms with van der Waals surface area (Å²) in [5.74, 6) is -0.912. The number of carbonyl (C=O) groups is 3. The second kappa shape index (κ2) is 4.46. The van der Waals surface area contributed by atoms with Gasteiger partial charge >= 0.3 is 6.03 Å². The third-order valence-corrected chi connectivity index (χ3v) is 5.05. The van der Waals surface area contributed by atoms with E-state index in [4.69, 9.17) is 0 Å². The summed E-state index contributed by atoms with van der Waals surface area (Å²) in [5, 5.41) is 1.92. The molecule has 0 aromatic carbocycles. The minimum Gasteiger partial charge on any atom is -0.277 e. The van der Waals surface area contributed by atoms with Crippen molar-refractivity contribution in [3.63, 3.8) is 0 Å². The van der Waals surface area contributed by atoms with Crippen molar-refractivity contribution >= 4 is 28.6 Å². The zero-order chi connectivity index (χ0) is 13.5.